The summed E-state index contributed by atoms with van der Waals surface area (Å²) in [4.78, 5) is 0. The molecule has 2 aromatic carbocycles. The molecule has 19 heavy (non-hydrogen) atoms. The predicted molar refractivity (Wildman–Crippen MR) is 61.4 cm³/mol. The molecule has 100 valence electrons. The maximum absolute atomic E-state index is 13.0. The van der Waals surface area contributed by atoms with Crippen LogP contribution in [-0.4, -0.2) is 5.11 Å². The van der Waals surface area contributed by atoms with Crippen LogP contribution >= 0.6 is 0 Å². The molecule has 1 unspecified atom stereocenters. The van der Waals surface area contributed by atoms with Gasteiger partial charge in [0.25, 0.3) is 0 Å². The maximum Gasteiger partial charge on any atom is 0.194 e. The lowest BCUT2D eigenvalue weighted by molar-refractivity contribution is 0.177. The fourth-order valence-corrected chi connectivity index (χ4v) is 1.73. The van der Waals surface area contributed by atoms with Crippen LogP contribution in [-0.2, 0) is 6.42 Å². The monoisotopic (exact) mass is 270 g/mol. The van der Waals surface area contributed by atoms with E-state index in [1.807, 2.05) is 0 Å². The minimum atomic E-state index is -1.57. The molecule has 0 aliphatic carbocycles. The highest BCUT2D eigenvalue weighted by atomic mass is 19.2. The molecule has 1 atom stereocenters. The third-order valence-corrected chi connectivity index (χ3v) is 2.73. The molecular formula is C14H10F4O. The summed E-state index contributed by atoms with van der Waals surface area (Å²) >= 11 is 0. The first-order valence-electron chi connectivity index (χ1n) is 5.54. The summed E-state index contributed by atoms with van der Waals surface area (Å²) in [6.45, 7) is 0. The summed E-state index contributed by atoms with van der Waals surface area (Å²) in [6, 6.07) is 6.82. The highest BCUT2D eigenvalue weighted by Crippen LogP contribution is 2.22. The zero-order chi connectivity index (χ0) is 14.0. The van der Waals surface area contributed by atoms with Gasteiger partial charge in [0, 0.05) is 6.42 Å². The molecule has 0 saturated heterocycles. The molecule has 0 heterocycles. The Hall–Kier alpha value is -1.88. The van der Waals surface area contributed by atoms with Crippen LogP contribution in [0.1, 0.15) is 17.2 Å². The second kappa shape index (κ2) is 5.40. The van der Waals surface area contributed by atoms with Crippen LogP contribution < -0.4 is 0 Å². The lowest BCUT2D eigenvalue weighted by atomic mass is 10.0. The molecule has 0 aromatic heterocycles. The van der Waals surface area contributed by atoms with Crippen LogP contribution in [0.3, 0.4) is 0 Å². The number of aliphatic hydroxyl groups is 1. The van der Waals surface area contributed by atoms with E-state index in [9.17, 15) is 22.7 Å². The van der Waals surface area contributed by atoms with Crippen molar-refractivity contribution in [3.63, 3.8) is 0 Å². The highest BCUT2D eigenvalue weighted by molar-refractivity contribution is 5.24. The van der Waals surface area contributed by atoms with Gasteiger partial charge in [0.1, 0.15) is 5.82 Å². The van der Waals surface area contributed by atoms with E-state index in [1.54, 1.807) is 0 Å². The molecule has 0 amide bonds. The van der Waals surface area contributed by atoms with Gasteiger partial charge >= 0.3 is 0 Å². The van der Waals surface area contributed by atoms with Gasteiger partial charge in [0.05, 0.1) is 6.10 Å². The molecule has 2 rings (SSSR count). The molecule has 0 aliphatic rings. The van der Waals surface area contributed by atoms with Crippen LogP contribution in [0, 0.1) is 23.3 Å². The summed E-state index contributed by atoms with van der Waals surface area (Å²) < 4.78 is 51.5. The third kappa shape index (κ3) is 3.12. The van der Waals surface area contributed by atoms with Crippen LogP contribution in [0.5, 0.6) is 0 Å². The van der Waals surface area contributed by atoms with Crippen molar-refractivity contribution in [3.05, 3.63) is 70.8 Å². The smallest absolute Gasteiger partial charge is 0.194 e. The number of hydrogen-bond acceptors (Lipinski definition) is 1. The topological polar surface area (TPSA) is 20.2 Å². The Bertz CT molecular complexity index is 557. The van der Waals surface area contributed by atoms with Crippen LogP contribution in [0.25, 0.3) is 0 Å². The largest absolute Gasteiger partial charge is 0.388 e. The summed E-state index contributed by atoms with van der Waals surface area (Å²) in [5.41, 5.74) is 0.528. The summed E-state index contributed by atoms with van der Waals surface area (Å²) in [7, 11) is 0. The van der Waals surface area contributed by atoms with E-state index in [1.165, 1.54) is 24.3 Å². The second-order valence-corrected chi connectivity index (χ2v) is 4.14. The van der Waals surface area contributed by atoms with Gasteiger partial charge in [-0.05, 0) is 35.4 Å². The SMILES string of the molecule is OC(Cc1ccc(F)cc1)c1cc(F)c(F)c(F)c1. The Kier molecular flexibility index (Phi) is 3.85. The fraction of sp³-hybridized carbons (Fsp3) is 0.143. The molecule has 5 heteroatoms. The highest BCUT2D eigenvalue weighted by Gasteiger charge is 2.16. The van der Waals surface area contributed by atoms with Gasteiger partial charge in [-0.25, -0.2) is 17.6 Å². The van der Waals surface area contributed by atoms with Gasteiger partial charge in [-0.1, -0.05) is 12.1 Å². The van der Waals surface area contributed by atoms with Gasteiger partial charge in [-0.15, -0.1) is 0 Å². The Morgan fingerprint density at radius 3 is 1.95 bits per heavy atom. The molecule has 2 aromatic rings. The zero-order valence-electron chi connectivity index (χ0n) is 9.71. The quantitative estimate of drug-likeness (QED) is 0.668. The zero-order valence-corrected chi connectivity index (χ0v) is 9.71. The van der Waals surface area contributed by atoms with Crippen molar-refractivity contribution in [1.29, 1.82) is 0 Å². The van der Waals surface area contributed by atoms with Crippen molar-refractivity contribution in [1.82, 2.24) is 0 Å². The van der Waals surface area contributed by atoms with Crippen LogP contribution in [0.4, 0.5) is 17.6 Å². The Morgan fingerprint density at radius 2 is 1.42 bits per heavy atom. The number of aliphatic hydroxyl groups excluding tert-OH is 1. The van der Waals surface area contributed by atoms with Crippen molar-refractivity contribution in [2.24, 2.45) is 0 Å². The Balaban J connectivity index is 2.20. The number of halogens is 4. The molecular weight excluding hydrogens is 260 g/mol. The number of benzene rings is 2. The molecule has 1 N–H and O–H groups in total. The molecule has 0 radical (unpaired) electrons. The van der Waals surface area contributed by atoms with E-state index in [2.05, 4.69) is 0 Å². The number of hydrogen-bond donors (Lipinski definition) is 1. The molecule has 0 saturated carbocycles. The fourth-order valence-electron chi connectivity index (χ4n) is 1.73. The molecule has 0 bridgehead atoms. The first kappa shape index (κ1) is 13.5. The molecule has 0 aliphatic heterocycles. The maximum atomic E-state index is 13.0. The van der Waals surface area contributed by atoms with Gasteiger partial charge in [-0.3, -0.25) is 0 Å². The van der Waals surface area contributed by atoms with Crippen molar-refractivity contribution in [2.45, 2.75) is 12.5 Å². The average molecular weight is 270 g/mol. The lowest BCUT2D eigenvalue weighted by Crippen LogP contribution is -2.04. The number of rotatable bonds is 3. The van der Waals surface area contributed by atoms with Gasteiger partial charge in [0.15, 0.2) is 17.5 Å². The summed E-state index contributed by atoms with van der Waals surface area (Å²) in [6.07, 6.45) is -1.15. The second-order valence-electron chi connectivity index (χ2n) is 4.14. The minimum Gasteiger partial charge on any atom is -0.388 e. The van der Waals surface area contributed by atoms with E-state index < -0.39 is 29.4 Å². The first-order valence-corrected chi connectivity index (χ1v) is 5.54. The van der Waals surface area contributed by atoms with E-state index in [0.717, 1.165) is 12.1 Å². The van der Waals surface area contributed by atoms with Gasteiger partial charge in [-0.2, -0.15) is 0 Å². The third-order valence-electron chi connectivity index (χ3n) is 2.73. The Labute approximate surface area is 107 Å². The summed E-state index contributed by atoms with van der Waals surface area (Å²) in [5, 5.41) is 9.83. The van der Waals surface area contributed by atoms with E-state index in [0.29, 0.717) is 5.56 Å². The lowest BCUT2D eigenvalue weighted by Gasteiger charge is -2.12. The van der Waals surface area contributed by atoms with E-state index in [4.69, 9.17) is 0 Å². The minimum absolute atomic E-state index is 0.0464. The summed E-state index contributed by atoms with van der Waals surface area (Å²) in [5.74, 6) is -4.70. The van der Waals surface area contributed by atoms with Crippen molar-refractivity contribution < 1.29 is 22.7 Å². The first-order chi connectivity index (χ1) is 8.97. The van der Waals surface area contributed by atoms with Gasteiger partial charge in [0.2, 0.25) is 0 Å². The van der Waals surface area contributed by atoms with Crippen LogP contribution in [0.2, 0.25) is 0 Å². The predicted octanol–water partition coefficient (Wildman–Crippen LogP) is 3.52. The Morgan fingerprint density at radius 1 is 0.895 bits per heavy atom. The van der Waals surface area contributed by atoms with Crippen molar-refractivity contribution >= 4 is 0 Å². The van der Waals surface area contributed by atoms with Crippen LogP contribution in [0.15, 0.2) is 36.4 Å². The standard InChI is InChI=1S/C14H10F4O/c15-10-3-1-8(2-4-10)5-13(19)9-6-11(16)14(18)12(17)7-9/h1-4,6-7,13,19H,5H2. The average Bonchev–Trinajstić information content (AvgIpc) is 2.38. The van der Waals surface area contributed by atoms with E-state index in [-0.39, 0.29) is 12.0 Å². The molecule has 0 fully saturated rings. The normalized spacial score (nSPS) is 12.5. The van der Waals surface area contributed by atoms with Crippen molar-refractivity contribution in [3.8, 4) is 0 Å². The molecule has 1 nitrogen and oxygen atoms in total. The van der Waals surface area contributed by atoms with E-state index >= 15 is 0 Å². The van der Waals surface area contributed by atoms with Crippen molar-refractivity contribution in [2.75, 3.05) is 0 Å². The van der Waals surface area contributed by atoms with Gasteiger partial charge < -0.3 is 5.11 Å². The molecule has 0 spiro atoms.